The highest BCUT2D eigenvalue weighted by Crippen LogP contribution is 2.27. The van der Waals surface area contributed by atoms with Crippen molar-refractivity contribution in [1.82, 2.24) is 24.4 Å². The molecular formula is C17H12F2N6O2. The summed E-state index contributed by atoms with van der Waals surface area (Å²) in [5.74, 6) is -0.970. The van der Waals surface area contributed by atoms with Gasteiger partial charge < -0.3 is 10.1 Å². The van der Waals surface area contributed by atoms with Crippen molar-refractivity contribution >= 4 is 17.2 Å². The molecule has 1 N–H and O–H groups in total. The molecule has 0 fully saturated rings. The van der Waals surface area contributed by atoms with E-state index in [0.717, 1.165) is 0 Å². The van der Waals surface area contributed by atoms with Crippen molar-refractivity contribution in [2.45, 2.75) is 6.61 Å². The number of amides is 1. The summed E-state index contributed by atoms with van der Waals surface area (Å²) in [7, 11) is 0. The standard InChI is InChI=1S/C17H12F2N6O2/c18-17(19)27-16-13(10-25(23-16)11-5-2-1-3-6-11)22-15(26)12-9-21-24-8-4-7-20-14(12)24/h1-10,17H,(H,22,26). The van der Waals surface area contributed by atoms with Crippen LogP contribution in [0.5, 0.6) is 5.88 Å². The van der Waals surface area contributed by atoms with Gasteiger partial charge in [0.2, 0.25) is 0 Å². The molecule has 0 bridgehead atoms. The van der Waals surface area contributed by atoms with Gasteiger partial charge in [-0.25, -0.2) is 14.2 Å². The number of rotatable bonds is 5. The lowest BCUT2D eigenvalue weighted by Gasteiger charge is -2.05. The number of ether oxygens (including phenoxy) is 1. The van der Waals surface area contributed by atoms with Gasteiger partial charge in [0.1, 0.15) is 11.3 Å². The zero-order chi connectivity index (χ0) is 18.8. The second-order valence-corrected chi connectivity index (χ2v) is 5.41. The Morgan fingerprint density at radius 1 is 1.19 bits per heavy atom. The number of hydrogen-bond acceptors (Lipinski definition) is 5. The normalized spacial score (nSPS) is 11.1. The average molecular weight is 370 g/mol. The molecule has 136 valence electrons. The Kier molecular flexibility index (Phi) is 4.21. The third-order valence-electron chi connectivity index (χ3n) is 3.67. The van der Waals surface area contributed by atoms with Crippen molar-refractivity contribution in [1.29, 1.82) is 0 Å². The van der Waals surface area contributed by atoms with Gasteiger partial charge >= 0.3 is 6.61 Å². The van der Waals surface area contributed by atoms with Crippen LogP contribution in [0.4, 0.5) is 14.5 Å². The Morgan fingerprint density at radius 3 is 2.78 bits per heavy atom. The maximum Gasteiger partial charge on any atom is 0.388 e. The van der Waals surface area contributed by atoms with Crippen LogP contribution in [0.1, 0.15) is 10.4 Å². The van der Waals surface area contributed by atoms with Crippen LogP contribution < -0.4 is 10.1 Å². The fraction of sp³-hybridized carbons (Fsp3) is 0.0588. The molecule has 10 heteroatoms. The van der Waals surface area contributed by atoms with Crippen LogP contribution in [0.15, 0.2) is 61.2 Å². The molecule has 0 atom stereocenters. The summed E-state index contributed by atoms with van der Waals surface area (Å²) < 4.78 is 32.6. The maximum absolute atomic E-state index is 12.7. The number of para-hydroxylation sites is 1. The zero-order valence-corrected chi connectivity index (χ0v) is 13.7. The first-order chi connectivity index (χ1) is 13.1. The highest BCUT2D eigenvalue weighted by atomic mass is 19.3. The van der Waals surface area contributed by atoms with Gasteiger partial charge in [0.15, 0.2) is 5.65 Å². The number of benzene rings is 1. The first-order valence-electron chi connectivity index (χ1n) is 7.81. The summed E-state index contributed by atoms with van der Waals surface area (Å²) in [5, 5.41) is 10.5. The van der Waals surface area contributed by atoms with Crippen molar-refractivity contribution in [2.24, 2.45) is 0 Å². The van der Waals surface area contributed by atoms with Crippen LogP contribution in [0.2, 0.25) is 0 Å². The molecule has 0 saturated carbocycles. The SMILES string of the molecule is O=C(Nc1cn(-c2ccccc2)nc1OC(F)F)c1cnn2cccnc12. The number of anilines is 1. The third-order valence-corrected chi connectivity index (χ3v) is 3.67. The van der Waals surface area contributed by atoms with Gasteiger partial charge in [0.25, 0.3) is 11.8 Å². The van der Waals surface area contributed by atoms with Crippen molar-refractivity contribution in [3.8, 4) is 11.6 Å². The zero-order valence-electron chi connectivity index (χ0n) is 13.7. The molecular weight excluding hydrogens is 358 g/mol. The van der Waals surface area contributed by atoms with Crippen LogP contribution in [0.3, 0.4) is 0 Å². The van der Waals surface area contributed by atoms with E-state index in [1.165, 1.54) is 27.8 Å². The molecule has 1 amide bonds. The van der Waals surface area contributed by atoms with Gasteiger partial charge in [-0.2, -0.15) is 13.9 Å². The van der Waals surface area contributed by atoms with E-state index in [-0.39, 0.29) is 11.3 Å². The average Bonchev–Trinajstić information content (AvgIpc) is 3.26. The molecule has 0 aliphatic carbocycles. The first-order valence-corrected chi connectivity index (χ1v) is 7.81. The number of carbonyl (C=O) groups excluding carboxylic acids is 1. The van der Waals surface area contributed by atoms with Crippen LogP contribution in [0, 0.1) is 0 Å². The highest BCUT2D eigenvalue weighted by molar-refractivity contribution is 6.08. The van der Waals surface area contributed by atoms with Crippen LogP contribution >= 0.6 is 0 Å². The van der Waals surface area contributed by atoms with E-state index in [2.05, 4.69) is 25.2 Å². The lowest BCUT2D eigenvalue weighted by atomic mass is 10.3. The largest absolute Gasteiger partial charge is 0.413 e. The van der Waals surface area contributed by atoms with Crippen molar-refractivity contribution in [3.05, 3.63) is 66.7 Å². The lowest BCUT2D eigenvalue weighted by Crippen LogP contribution is -2.13. The minimum absolute atomic E-state index is 0.000524. The number of hydrogen-bond donors (Lipinski definition) is 1. The fourth-order valence-corrected chi connectivity index (χ4v) is 2.51. The van der Waals surface area contributed by atoms with E-state index in [1.54, 1.807) is 36.5 Å². The lowest BCUT2D eigenvalue weighted by molar-refractivity contribution is -0.0525. The molecule has 4 rings (SSSR count). The summed E-state index contributed by atoms with van der Waals surface area (Å²) in [5.41, 5.74) is 1.14. The monoisotopic (exact) mass is 370 g/mol. The van der Waals surface area contributed by atoms with Crippen molar-refractivity contribution in [2.75, 3.05) is 5.32 Å². The molecule has 3 aromatic heterocycles. The molecule has 4 aromatic rings. The molecule has 0 saturated heterocycles. The van der Waals surface area contributed by atoms with E-state index in [0.29, 0.717) is 11.3 Å². The maximum atomic E-state index is 12.7. The van der Waals surface area contributed by atoms with E-state index >= 15 is 0 Å². The highest BCUT2D eigenvalue weighted by Gasteiger charge is 2.20. The van der Waals surface area contributed by atoms with E-state index in [9.17, 15) is 13.6 Å². The molecule has 0 aliphatic heterocycles. The number of alkyl halides is 2. The number of carbonyl (C=O) groups is 1. The molecule has 0 unspecified atom stereocenters. The molecule has 0 spiro atoms. The van der Waals surface area contributed by atoms with E-state index < -0.39 is 18.4 Å². The van der Waals surface area contributed by atoms with Gasteiger partial charge in [-0.15, -0.1) is 5.10 Å². The Balaban J connectivity index is 1.67. The summed E-state index contributed by atoms with van der Waals surface area (Å²) in [6.45, 7) is -3.08. The number of nitrogens with one attached hydrogen (secondary N) is 1. The number of halogens is 2. The Bertz CT molecular complexity index is 1090. The molecule has 27 heavy (non-hydrogen) atoms. The van der Waals surface area contributed by atoms with Gasteiger partial charge in [0.05, 0.1) is 18.1 Å². The van der Waals surface area contributed by atoms with E-state index in [1.807, 2.05) is 6.07 Å². The van der Waals surface area contributed by atoms with Gasteiger partial charge in [-0.05, 0) is 18.2 Å². The smallest absolute Gasteiger partial charge is 0.388 e. The minimum atomic E-state index is -3.08. The second-order valence-electron chi connectivity index (χ2n) is 5.41. The minimum Gasteiger partial charge on any atom is -0.413 e. The van der Waals surface area contributed by atoms with Gasteiger partial charge in [0, 0.05) is 12.4 Å². The third kappa shape index (κ3) is 3.32. The Hall–Kier alpha value is -3.82. The quantitative estimate of drug-likeness (QED) is 0.584. The predicted molar refractivity (Wildman–Crippen MR) is 91.1 cm³/mol. The first kappa shape index (κ1) is 16.6. The second kappa shape index (κ2) is 6.83. The van der Waals surface area contributed by atoms with Crippen molar-refractivity contribution in [3.63, 3.8) is 0 Å². The number of aromatic nitrogens is 5. The molecule has 0 radical (unpaired) electrons. The Labute approximate surface area is 151 Å². The molecule has 8 nitrogen and oxygen atoms in total. The molecule has 3 heterocycles. The predicted octanol–water partition coefficient (Wildman–Crippen LogP) is 2.77. The van der Waals surface area contributed by atoms with Crippen LogP contribution in [0.25, 0.3) is 11.3 Å². The number of fused-ring (bicyclic) bond motifs is 1. The van der Waals surface area contributed by atoms with E-state index in [4.69, 9.17) is 0 Å². The summed E-state index contributed by atoms with van der Waals surface area (Å²) in [6, 6.07) is 10.5. The molecule has 1 aromatic carbocycles. The summed E-state index contributed by atoms with van der Waals surface area (Å²) in [4.78, 5) is 16.7. The van der Waals surface area contributed by atoms with Crippen LogP contribution in [-0.2, 0) is 0 Å². The van der Waals surface area contributed by atoms with Gasteiger partial charge in [-0.1, -0.05) is 18.2 Å². The van der Waals surface area contributed by atoms with Crippen LogP contribution in [-0.4, -0.2) is 36.9 Å². The molecule has 0 aliphatic rings. The summed E-state index contributed by atoms with van der Waals surface area (Å²) >= 11 is 0. The van der Waals surface area contributed by atoms with Gasteiger partial charge in [-0.3, -0.25) is 4.79 Å². The number of nitrogens with zero attached hydrogens (tertiary/aromatic N) is 5. The Morgan fingerprint density at radius 2 is 2.00 bits per heavy atom. The fourth-order valence-electron chi connectivity index (χ4n) is 2.51. The summed E-state index contributed by atoms with van der Waals surface area (Å²) in [6.07, 6.45) is 5.89. The topological polar surface area (TPSA) is 86.3 Å². The van der Waals surface area contributed by atoms with Crippen molar-refractivity contribution < 1.29 is 18.3 Å².